The van der Waals surface area contributed by atoms with Crippen LogP contribution >= 0.6 is 0 Å². The van der Waals surface area contributed by atoms with Crippen molar-refractivity contribution >= 4 is 20.2 Å². The standard InChI is InChI=1S/C15H32O6S2/c1-5-9-11-14(7-3)20-22(16,17)13-23(18,19)21-15(8-4)12-10-6-2/h14-15H,5-13H2,1-4H3. The van der Waals surface area contributed by atoms with E-state index < -0.39 is 37.5 Å². The molecule has 0 aromatic heterocycles. The van der Waals surface area contributed by atoms with Gasteiger partial charge in [0, 0.05) is 0 Å². The van der Waals surface area contributed by atoms with E-state index in [-0.39, 0.29) is 0 Å². The number of hydrogen-bond donors (Lipinski definition) is 0. The van der Waals surface area contributed by atoms with Crippen molar-refractivity contribution in [3.8, 4) is 0 Å². The predicted molar refractivity (Wildman–Crippen MR) is 92.1 cm³/mol. The molecule has 8 heteroatoms. The molecule has 0 aliphatic rings. The van der Waals surface area contributed by atoms with Crippen molar-refractivity contribution in [2.45, 2.75) is 91.3 Å². The molecule has 2 unspecified atom stereocenters. The van der Waals surface area contributed by atoms with Gasteiger partial charge in [-0.05, 0) is 25.7 Å². The van der Waals surface area contributed by atoms with E-state index in [1.54, 1.807) is 0 Å². The molecule has 0 aromatic carbocycles. The summed E-state index contributed by atoms with van der Waals surface area (Å²) in [6.45, 7) is 7.64. The number of hydrogen-bond acceptors (Lipinski definition) is 6. The number of rotatable bonds is 14. The highest BCUT2D eigenvalue weighted by Crippen LogP contribution is 2.17. The summed E-state index contributed by atoms with van der Waals surface area (Å²) in [6, 6.07) is 0. The Labute approximate surface area is 142 Å². The zero-order chi connectivity index (χ0) is 17.9. The highest BCUT2D eigenvalue weighted by atomic mass is 32.3. The molecular weight excluding hydrogens is 340 g/mol. The van der Waals surface area contributed by atoms with E-state index in [0.717, 1.165) is 25.7 Å². The third-order valence-corrected chi connectivity index (χ3v) is 6.96. The Balaban J connectivity index is 4.71. The first-order valence-corrected chi connectivity index (χ1v) is 11.7. The van der Waals surface area contributed by atoms with Crippen LogP contribution in [0.4, 0.5) is 0 Å². The fourth-order valence-corrected chi connectivity index (χ4v) is 5.30. The van der Waals surface area contributed by atoms with Crippen molar-refractivity contribution in [3.05, 3.63) is 0 Å². The van der Waals surface area contributed by atoms with Crippen LogP contribution in [0, 0.1) is 0 Å². The van der Waals surface area contributed by atoms with Gasteiger partial charge in [0.05, 0.1) is 12.2 Å². The SMILES string of the molecule is CCCCC(CC)OS(=O)(=O)CS(=O)(=O)OC(CC)CCCC. The van der Waals surface area contributed by atoms with E-state index >= 15 is 0 Å². The molecule has 6 nitrogen and oxygen atoms in total. The van der Waals surface area contributed by atoms with Gasteiger partial charge in [0.2, 0.25) is 5.08 Å². The molecular formula is C15H32O6S2. The summed E-state index contributed by atoms with van der Waals surface area (Å²) in [5.41, 5.74) is 0. The van der Waals surface area contributed by atoms with E-state index in [4.69, 9.17) is 8.37 Å². The fraction of sp³-hybridized carbons (Fsp3) is 1.00. The largest absolute Gasteiger partial charge is 0.284 e. The summed E-state index contributed by atoms with van der Waals surface area (Å²) in [4.78, 5) is 0. The Morgan fingerprint density at radius 3 is 1.30 bits per heavy atom. The second kappa shape index (κ2) is 11.4. The van der Waals surface area contributed by atoms with Gasteiger partial charge in [-0.15, -0.1) is 0 Å². The van der Waals surface area contributed by atoms with Crippen molar-refractivity contribution in [3.63, 3.8) is 0 Å². The van der Waals surface area contributed by atoms with Gasteiger partial charge in [-0.2, -0.15) is 16.8 Å². The minimum absolute atomic E-state index is 0.475. The topological polar surface area (TPSA) is 86.7 Å². The van der Waals surface area contributed by atoms with Crippen LogP contribution in [0.1, 0.15) is 79.1 Å². The molecule has 0 aliphatic heterocycles. The van der Waals surface area contributed by atoms with Gasteiger partial charge in [0.25, 0.3) is 20.2 Å². The van der Waals surface area contributed by atoms with Crippen molar-refractivity contribution in [2.75, 3.05) is 5.08 Å². The Bertz CT molecular complexity index is 452. The first-order chi connectivity index (χ1) is 10.7. The predicted octanol–water partition coefficient (Wildman–Crippen LogP) is 3.57. The molecule has 0 aliphatic carbocycles. The summed E-state index contributed by atoms with van der Waals surface area (Å²) < 4.78 is 58.0. The Morgan fingerprint density at radius 2 is 1.04 bits per heavy atom. The summed E-state index contributed by atoms with van der Waals surface area (Å²) >= 11 is 0. The van der Waals surface area contributed by atoms with E-state index in [9.17, 15) is 16.8 Å². The Morgan fingerprint density at radius 1 is 0.696 bits per heavy atom. The van der Waals surface area contributed by atoms with Crippen molar-refractivity contribution in [2.24, 2.45) is 0 Å². The molecule has 2 atom stereocenters. The van der Waals surface area contributed by atoms with Gasteiger partial charge in [0.1, 0.15) is 0 Å². The fourth-order valence-electron chi connectivity index (χ4n) is 2.15. The third kappa shape index (κ3) is 11.1. The quantitative estimate of drug-likeness (QED) is 0.433. The minimum atomic E-state index is -4.17. The highest BCUT2D eigenvalue weighted by molar-refractivity contribution is 8.03. The van der Waals surface area contributed by atoms with E-state index in [1.165, 1.54) is 0 Å². The van der Waals surface area contributed by atoms with Crippen molar-refractivity contribution in [1.29, 1.82) is 0 Å². The van der Waals surface area contributed by atoms with Crippen LogP contribution in [0.15, 0.2) is 0 Å². The smallest absolute Gasteiger partial charge is 0.266 e. The molecule has 0 heterocycles. The average Bonchev–Trinajstić information content (AvgIpc) is 2.46. The van der Waals surface area contributed by atoms with Crippen LogP contribution in [-0.2, 0) is 28.6 Å². The maximum atomic E-state index is 12.0. The van der Waals surface area contributed by atoms with Gasteiger partial charge in [0.15, 0.2) is 0 Å². The van der Waals surface area contributed by atoms with Crippen molar-refractivity contribution in [1.82, 2.24) is 0 Å². The average molecular weight is 373 g/mol. The molecule has 0 fully saturated rings. The molecule has 0 aromatic rings. The molecule has 0 saturated heterocycles. The Hall–Kier alpha value is -0.180. The maximum absolute atomic E-state index is 12.0. The molecule has 0 amide bonds. The monoisotopic (exact) mass is 372 g/mol. The molecule has 23 heavy (non-hydrogen) atoms. The van der Waals surface area contributed by atoms with E-state index in [0.29, 0.717) is 25.7 Å². The summed E-state index contributed by atoms with van der Waals surface area (Å²) in [6.07, 6.45) is 4.83. The first-order valence-electron chi connectivity index (χ1n) is 8.51. The number of unbranched alkanes of at least 4 members (excludes halogenated alkanes) is 2. The van der Waals surface area contributed by atoms with Gasteiger partial charge in [-0.25, -0.2) is 0 Å². The lowest BCUT2D eigenvalue weighted by Gasteiger charge is -2.18. The van der Waals surface area contributed by atoms with E-state index in [2.05, 4.69) is 0 Å². The van der Waals surface area contributed by atoms with Crippen molar-refractivity contribution < 1.29 is 25.2 Å². The van der Waals surface area contributed by atoms with Gasteiger partial charge in [-0.3, -0.25) is 8.37 Å². The molecule has 0 saturated carbocycles. The lowest BCUT2D eigenvalue weighted by atomic mass is 10.1. The van der Waals surface area contributed by atoms with Crippen LogP contribution < -0.4 is 0 Å². The molecule has 0 radical (unpaired) electrons. The Kier molecular flexibility index (Phi) is 11.3. The second-order valence-corrected chi connectivity index (χ2v) is 9.33. The highest BCUT2D eigenvalue weighted by Gasteiger charge is 2.28. The zero-order valence-electron chi connectivity index (χ0n) is 14.8. The van der Waals surface area contributed by atoms with Crippen LogP contribution in [0.5, 0.6) is 0 Å². The lowest BCUT2D eigenvalue weighted by molar-refractivity contribution is 0.185. The molecule has 0 N–H and O–H groups in total. The normalized spacial score (nSPS) is 15.5. The van der Waals surface area contributed by atoms with Gasteiger partial charge < -0.3 is 0 Å². The van der Waals surface area contributed by atoms with Crippen LogP contribution in [0.25, 0.3) is 0 Å². The molecule has 140 valence electrons. The molecule has 0 rings (SSSR count). The molecule has 0 bridgehead atoms. The van der Waals surface area contributed by atoms with E-state index in [1.807, 2.05) is 27.7 Å². The summed E-state index contributed by atoms with van der Waals surface area (Å²) in [7, 11) is -8.34. The molecule has 0 spiro atoms. The second-order valence-electron chi connectivity index (χ2n) is 5.77. The minimum Gasteiger partial charge on any atom is -0.266 e. The summed E-state index contributed by atoms with van der Waals surface area (Å²) in [5, 5.41) is -1.12. The summed E-state index contributed by atoms with van der Waals surface area (Å²) in [5.74, 6) is 0. The first kappa shape index (κ1) is 22.8. The van der Waals surface area contributed by atoms with Crippen LogP contribution in [0.2, 0.25) is 0 Å². The van der Waals surface area contributed by atoms with Crippen LogP contribution in [-0.4, -0.2) is 34.1 Å². The van der Waals surface area contributed by atoms with Crippen LogP contribution in [0.3, 0.4) is 0 Å². The van der Waals surface area contributed by atoms with Gasteiger partial charge >= 0.3 is 0 Å². The third-order valence-electron chi connectivity index (χ3n) is 3.52. The lowest BCUT2D eigenvalue weighted by Crippen LogP contribution is -2.28. The van der Waals surface area contributed by atoms with Gasteiger partial charge in [-0.1, -0.05) is 53.4 Å². The zero-order valence-corrected chi connectivity index (χ0v) is 16.4. The maximum Gasteiger partial charge on any atom is 0.284 e.